The van der Waals surface area contributed by atoms with Crippen LogP contribution in [0.3, 0.4) is 0 Å². The quantitative estimate of drug-likeness (QED) is 0.511. The van der Waals surface area contributed by atoms with Crippen LogP contribution in [0.25, 0.3) is 0 Å². The van der Waals surface area contributed by atoms with Crippen LogP contribution >= 0.6 is 0 Å². The third-order valence-electron chi connectivity index (χ3n) is 2.39. The molecule has 3 nitrogen and oxygen atoms in total. The lowest BCUT2D eigenvalue weighted by Crippen LogP contribution is -2.39. The Labute approximate surface area is 101 Å². The van der Waals surface area contributed by atoms with Gasteiger partial charge in [-0.05, 0) is 39.4 Å². The van der Waals surface area contributed by atoms with Crippen LogP contribution in [0.2, 0.25) is 19.6 Å². The molecule has 2 atom stereocenters. The molecule has 0 aromatic rings. The van der Waals surface area contributed by atoms with E-state index >= 15 is 0 Å². The Balaban J connectivity index is 4.56. The van der Waals surface area contributed by atoms with Crippen molar-refractivity contribution in [2.75, 3.05) is 6.61 Å². The molecule has 0 fully saturated rings. The lowest BCUT2D eigenvalue weighted by Gasteiger charge is -2.30. The molecular weight excluding hydrogens is 220 g/mol. The molecule has 16 heavy (non-hydrogen) atoms. The van der Waals surface area contributed by atoms with Crippen molar-refractivity contribution in [1.29, 1.82) is 0 Å². The monoisotopic (exact) mass is 246 g/mol. The van der Waals surface area contributed by atoms with Crippen LogP contribution in [-0.2, 0) is 14.0 Å². The Bertz CT molecular complexity index is 211. The maximum Gasteiger partial charge on any atom is 0.311 e. The average molecular weight is 246 g/mol. The smallest absolute Gasteiger partial charge is 0.311 e. The first-order chi connectivity index (χ1) is 7.35. The van der Waals surface area contributed by atoms with E-state index in [-0.39, 0.29) is 18.0 Å². The van der Waals surface area contributed by atoms with E-state index in [1.807, 2.05) is 13.8 Å². The van der Waals surface area contributed by atoms with Crippen LogP contribution in [0.1, 0.15) is 33.6 Å². The normalized spacial score (nSPS) is 15.6. The summed E-state index contributed by atoms with van der Waals surface area (Å²) in [5, 5.41) is 0. The zero-order valence-electron chi connectivity index (χ0n) is 11.5. The molecule has 4 heteroatoms. The van der Waals surface area contributed by atoms with E-state index < -0.39 is 8.32 Å². The molecule has 0 saturated heterocycles. The summed E-state index contributed by atoms with van der Waals surface area (Å²) in [5.74, 6) is -0.230. The Morgan fingerprint density at radius 1 is 1.12 bits per heavy atom. The molecule has 0 aliphatic rings. The Hall–Kier alpha value is -0.353. The molecule has 0 aliphatic heterocycles. The summed E-state index contributed by atoms with van der Waals surface area (Å²) in [4.78, 5) is 11.8. The van der Waals surface area contributed by atoms with E-state index in [4.69, 9.17) is 9.16 Å². The van der Waals surface area contributed by atoms with Crippen molar-refractivity contribution in [1.82, 2.24) is 0 Å². The number of hydrogen-bond acceptors (Lipinski definition) is 3. The maximum atomic E-state index is 11.8. The minimum atomic E-state index is -1.60. The summed E-state index contributed by atoms with van der Waals surface area (Å²) in [6, 6.07) is 0. The second-order valence-corrected chi connectivity index (χ2v) is 9.40. The van der Waals surface area contributed by atoms with Gasteiger partial charge < -0.3 is 9.16 Å². The topological polar surface area (TPSA) is 35.5 Å². The third kappa shape index (κ3) is 5.65. The predicted molar refractivity (Wildman–Crippen MR) is 68.9 cm³/mol. The lowest BCUT2D eigenvalue weighted by atomic mass is 9.98. The number of hydrogen-bond donors (Lipinski definition) is 0. The molecule has 0 aromatic heterocycles. The van der Waals surface area contributed by atoms with Crippen LogP contribution in [0.5, 0.6) is 0 Å². The molecule has 0 rings (SSSR count). The first-order valence-corrected chi connectivity index (χ1v) is 9.60. The summed E-state index contributed by atoms with van der Waals surface area (Å²) in [7, 11) is -1.60. The molecule has 0 amide bonds. The van der Waals surface area contributed by atoms with Gasteiger partial charge in [-0.1, -0.05) is 13.8 Å². The molecule has 0 saturated carbocycles. The van der Waals surface area contributed by atoms with Crippen LogP contribution in [0.15, 0.2) is 0 Å². The first-order valence-electron chi connectivity index (χ1n) is 6.20. The molecule has 0 bridgehead atoms. The summed E-state index contributed by atoms with van der Waals surface area (Å²) in [6.45, 7) is 12.8. The summed E-state index contributed by atoms with van der Waals surface area (Å²) < 4.78 is 11.1. The number of rotatable bonds is 7. The second kappa shape index (κ2) is 7.07. The minimum absolute atomic E-state index is 0.00992. The molecule has 0 aromatic carbocycles. The van der Waals surface area contributed by atoms with Crippen LogP contribution in [0, 0.1) is 5.92 Å². The van der Waals surface area contributed by atoms with Gasteiger partial charge in [-0.3, -0.25) is 4.79 Å². The van der Waals surface area contributed by atoms with Crippen molar-refractivity contribution >= 4 is 14.3 Å². The summed E-state index contributed by atoms with van der Waals surface area (Å²) in [6.07, 6.45) is 1.65. The van der Waals surface area contributed by atoms with Gasteiger partial charge in [0.25, 0.3) is 0 Å². The van der Waals surface area contributed by atoms with Gasteiger partial charge in [-0.2, -0.15) is 0 Å². The van der Waals surface area contributed by atoms with Gasteiger partial charge in [-0.15, -0.1) is 0 Å². The SMILES string of the molecule is CCOC(=O)C(CC)C(CC)O[Si](C)(C)C. The molecule has 0 spiro atoms. The van der Waals surface area contributed by atoms with Crippen LogP contribution in [0.4, 0.5) is 0 Å². The summed E-state index contributed by atoms with van der Waals surface area (Å²) >= 11 is 0. The predicted octanol–water partition coefficient (Wildman–Crippen LogP) is 3.21. The number of esters is 1. The molecule has 96 valence electrons. The van der Waals surface area contributed by atoms with Gasteiger partial charge in [0.2, 0.25) is 0 Å². The number of carbonyl (C=O) groups excluding carboxylic acids is 1. The molecule has 0 radical (unpaired) electrons. The highest BCUT2D eigenvalue weighted by atomic mass is 28.4. The van der Waals surface area contributed by atoms with Crippen molar-refractivity contribution in [3.8, 4) is 0 Å². The van der Waals surface area contributed by atoms with Crippen molar-refractivity contribution < 1.29 is 14.0 Å². The average Bonchev–Trinajstić information content (AvgIpc) is 2.16. The van der Waals surface area contributed by atoms with E-state index in [0.29, 0.717) is 6.61 Å². The molecule has 0 aliphatic carbocycles. The van der Waals surface area contributed by atoms with E-state index in [1.165, 1.54) is 0 Å². The van der Waals surface area contributed by atoms with Gasteiger partial charge in [0.15, 0.2) is 8.32 Å². The van der Waals surface area contributed by atoms with Crippen molar-refractivity contribution in [2.45, 2.75) is 59.4 Å². The first kappa shape index (κ1) is 15.6. The van der Waals surface area contributed by atoms with E-state index in [9.17, 15) is 4.79 Å². The maximum absolute atomic E-state index is 11.8. The fourth-order valence-corrected chi connectivity index (χ4v) is 2.97. The van der Waals surface area contributed by atoms with Crippen molar-refractivity contribution in [3.05, 3.63) is 0 Å². The zero-order valence-corrected chi connectivity index (χ0v) is 12.5. The van der Waals surface area contributed by atoms with Gasteiger partial charge >= 0.3 is 5.97 Å². The number of ether oxygens (including phenoxy) is 1. The summed E-state index contributed by atoms with van der Waals surface area (Å²) in [5.41, 5.74) is 0. The fraction of sp³-hybridized carbons (Fsp3) is 0.917. The number of carbonyl (C=O) groups is 1. The fourth-order valence-electron chi connectivity index (χ4n) is 1.73. The van der Waals surface area contributed by atoms with E-state index in [1.54, 1.807) is 0 Å². The molecule has 2 unspecified atom stereocenters. The van der Waals surface area contributed by atoms with Crippen LogP contribution in [-0.4, -0.2) is 27.0 Å². The molecular formula is C12H26O3Si. The molecule has 0 heterocycles. The van der Waals surface area contributed by atoms with E-state index in [2.05, 4.69) is 26.6 Å². The van der Waals surface area contributed by atoms with Crippen molar-refractivity contribution in [3.63, 3.8) is 0 Å². The highest BCUT2D eigenvalue weighted by molar-refractivity contribution is 6.69. The van der Waals surface area contributed by atoms with E-state index in [0.717, 1.165) is 12.8 Å². The highest BCUT2D eigenvalue weighted by Crippen LogP contribution is 2.21. The minimum Gasteiger partial charge on any atom is -0.466 e. The Morgan fingerprint density at radius 3 is 2.00 bits per heavy atom. The Kier molecular flexibility index (Phi) is 6.91. The van der Waals surface area contributed by atoms with Gasteiger partial charge in [0.05, 0.1) is 18.6 Å². The third-order valence-corrected chi connectivity index (χ3v) is 3.40. The van der Waals surface area contributed by atoms with Crippen LogP contribution < -0.4 is 0 Å². The zero-order chi connectivity index (χ0) is 12.8. The highest BCUT2D eigenvalue weighted by Gasteiger charge is 2.31. The van der Waals surface area contributed by atoms with Crippen molar-refractivity contribution in [2.24, 2.45) is 5.92 Å². The largest absolute Gasteiger partial charge is 0.466 e. The molecule has 0 N–H and O–H groups in total. The lowest BCUT2D eigenvalue weighted by molar-refractivity contribution is -0.151. The second-order valence-electron chi connectivity index (χ2n) is 4.94. The van der Waals surface area contributed by atoms with Gasteiger partial charge in [0.1, 0.15) is 0 Å². The Morgan fingerprint density at radius 2 is 1.69 bits per heavy atom. The van der Waals surface area contributed by atoms with Gasteiger partial charge in [0, 0.05) is 0 Å². The van der Waals surface area contributed by atoms with Gasteiger partial charge in [-0.25, -0.2) is 0 Å². The standard InChI is InChI=1S/C12H26O3Si/c1-7-10(12(13)14-9-3)11(8-2)15-16(4,5)6/h10-11H,7-9H2,1-6H3.